The zero-order valence-corrected chi connectivity index (χ0v) is 10.6. The third kappa shape index (κ3) is 1.90. The fourth-order valence-corrected chi connectivity index (χ4v) is 1.68. The van der Waals surface area contributed by atoms with E-state index in [0.29, 0.717) is 5.76 Å². The van der Waals surface area contributed by atoms with Crippen molar-refractivity contribution in [2.45, 2.75) is 51.9 Å². The summed E-state index contributed by atoms with van der Waals surface area (Å²) in [6.45, 7) is 13.6. The lowest BCUT2D eigenvalue weighted by Crippen LogP contribution is -2.41. The van der Waals surface area contributed by atoms with E-state index in [9.17, 15) is 0 Å². The molecule has 2 aliphatic heterocycles. The van der Waals surface area contributed by atoms with E-state index in [1.165, 1.54) is 0 Å². The van der Waals surface area contributed by atoms with Gasteiger partial charge in [-0.3, -0.25) is 0 Å². The lowest BCUT2D eigenvalue weighted by atomic mass is 9.49. The minimum absolute atomic E-state index is 0.0154. The minimum atomic E-state index is -0.522. The molecule has 0 aliphatic carbocycles. The highest BCUT2D eigenvalue weighted by atomic mass is 16.7. The van der Waals surface area contributed by atoms with Crippen molar-refractivity contribution in [3.63, 3.8) is 0 Å². The number of hydrogen-bond acceptors (Lipinski definition) is 4. The summed E-state index contributed by atoms with van der Waals surface area (Å²) in [5.41, 5.74) is -0.793. The van der Waals surface area contributed by atoms with Crippen LogP contribution in [-0.4, -0.2) is 31.3 Å². The fraction of sp³-hybridized carbons (Fsp3) is 0.800. The second-order valence-corrected chi connectivity index (χ2v) is 5.41. The Morgan fingerprint density at radius 3 is 2.12 bits per heavy atom. The molecule has 0 N–H and O–H groups in total. The van der Waals surface area contributed by atoms with Crippen molar-refractivity contribution in [2.24, 2.45) is 0 Å². The van der Waals surface area contributed by atoms with Crippen LogP contribution in [0.5, 0.6) is 0 Å². The molecular formula is C10H18B2O4. The molecule has 6 heteroatoms. The Labute approximate surface area is 97.5 Å². The predicted octanol–water partition coefficient (Wildman–Crippen LogP) is 1.59. The van der Waals surface area contributed by atoms with Gasteiger partial charge in [-0.1, -0.05) is 6.58 Å². The maximum atomic E-state index is 5.77. The molecule has 2 fully saturated rings. The first-order valence-electron chi connectivity index (χ1n) is 5.59. The summed E-state index contributed by atoms with van der Waals surface area (Å²) in [7, 11) is -1.00. The molecule has 88 valence electrons. The molecule has 2 aliphatic rings. The summed E-state index contributed by atoms with van der Waals surface area (Å²) >= 11 is 0. The lowest BCUT2D eigenvalue weighted by Gasteiger charge is -2.21. The Balaban J connectivity index is 2.05. The van der Waals surface area contributed by atoms with Crippen molar-refractivity contribution in [3.8, 4) is 0 Å². The summed E-state index contributed by atoms with van der Waals surface area (Å²) in [4.78, 5) is 0. The zero-order chi connectivity index (χ0) is 12.1. The van der Waals surface area contributed by atoms with Crippen molar-refractivity contribution < 1.29 is 18.6 Å². The van der Waals surface area contributed by atoms with Crippen molar-refractivity contribution in [3.05, 3.63) is 12.3 Å². The Kier molecular flexibility index (Phi) is 2.64. The highest BCUT2D eigenvalue weighted by Gasteiger charge is 2.58. The molecule has 0 aromatic rings. The Morgan fingerprint density at radius 2 is 1.75 bits per heavy atom. The van der Waals surface area contributed by atoms with Gasteiger partial charge < -0.3 is 18.6 Å². The van der Waals surface area contributed by atoms with Crippen molar-refractivity contribution >= 4 is 14.0 Å². The largest absolute Gasteiger partial charge is 0.553 e. The van der Waals surface area contributed by atoms with Gasteiger partial charge in [0.15, 0.2) is 0 Å². The molecule has 2 heterocycles. The van der Waals surface area contributed by atoms with Crippen molar-refractivity contribution in [2.75, 3.05) is 0 Å². The molecule has 2 rings (SSSR count). The molecule has 0 spiro atoms. The van der Waals surface area contributed by atoms with Gasteiger partial charge in [0.05, 0.1) is 17.5 Å². The topological polar surface area (TPSA) is 36.9 Å². The smallest absolute Gasteiger partial charge is 0.540 e. The van der Waals surface area contributed by atoms with Gasteiger partial charge in [0, 0.05) is 0 Å². The van der Waals surface area contributed by atoms with E-state index in [1.54, 1.807) is 0 Å². The van der Waals surface area contributed by atoms with E-state index in [2.05, 4.69) is 6.58 Å². The van der Waals surface area contributed by atoms with Crippen LogP contribution in [0.1, 0.15) is 34.6 Å². The highest BCUT2D eigenvalue weighted by Crippen LogP contribution is 2.35. The van der Waals surface area contributed by atoms with Crippen LogP contribution in [0.4, 0.5) is 0 Å². The van der Waals surface area contributed by atoms with Crippen LogP contribution in [0.3, 0.4) is 0 Å². The first-order chi connectivity index (χ1) is 7.22. The maximum Gasteiger partial charge on any atom is 0.553 e. The molecule has 0 aromatic heterocycles. The molecule has 16 heavy (non-hydrogen) atoms. The van der Waals surface area contributed by atoms with Crippen LogP contribution < -0.4 is 0 Å². The van der Waals surface area contributed by atoms with E-state index in [0.717, 1.165) is 0 Å². The van der Waals surface area contributed by atoms with E-state index < -0.39 is 19.6 Å². The van der Waals surface area contributed by atoms with Gasteiger partial charge >= 0.3 is 14.0 Å². The second-order valence-electron chi connectivity index (χ2n) is 5.41. The second kappa shape index (κ2) is 3.52. The van der Waals surface area contributed by atoms with E-state index in [-0.39, 0.29) is 11.7 Å². The normalized spacial score (nSPS) is 32.1. The Morgan fingerprint density at radius 1 is 1.12 bits per heavy atom. The van der Waals surface area contributed by atoms with E-state index >= 15 is 0 Å². The van der Waals surface area contributed by atoms with E-state index in [1.807, 2.05) is 34.6 Å². The quantitative estimate of drug-likeness (QED) is 0.633. The van der Waals surface area contributed by atoms with Gasteiger partial charge in [0.25, 0.3) is 0 Å². The first-order valence-corrected chi connectivity index (χ1v) is 5.59. The van der Waals surface area contributed by atoms with Crippen LogP contribution in [0.25, 0.3) is 0 Å². The molecule has 0 aromatic carbocycles. The first kappa shape index (κ1) is 12.0. The van der Waals surface area contributed by atoms with Crippen molar-refractivity contribution in [1.82, 2.24) is 0 Å². The summed E-state index contributed by atoms with van der Waals surface area (Å²) in [5, 5.41) is 0. The third-order valence-electron chi connectivity index (χ3n) is 3.30. The standard InChI is InChI=1S/C10H18B2O4/c1-7-9(3,4)15-11(13-7)12-14-8(2)10(5,6)16-12/h8H,1H2,2-6H3. The highest BCUT2D eigenvalue weighted by molar-refractivity contribution is 7.11. The Bertz CT molecular complexity index is 316. The molecule has 0 radical (unpaired) electrons. The fourth-order valence-electron chi connectivity index (χ4n) is 1.68. The molecule has 1 unspecified atom stereocenters. The summed E-state index contributed by atoms with van der Waals surface area (Å²) in [6.07, 6.45) is 0.0154. The van der Waals surface area contributed by atoms with Crippen LogP contribution in [-0.2, 0) is 18.6 Å². The SMILES string of the molecule is C=C1OB(B2OC(C)C(C)(C)O2)OC1(C)C. The van der Waals surface area contributed by atoms with Gasteiger partial charge in [-0.15, -0.1) is 0 Å². The van der Waals surface area contributed by atoms with Gasteiger partial charge in [0.2, 0.25) is 0 Å². The van der Waals surface area contributed by atoms with Gasteiger partial charge in [-0.05, 0) is 34.6 Å². The van der Waals surface area contributed by atoms with Crippen LogP contribution >= 0.6 is 0 Å². The monoisotopic (exact) mass is 224 g/mol. The number of rotatable bonds is 1. The van der Waals surface area contributed by atoms with Gasteiger partial charge in [0.1, 0.15) is 5.60 Å². The van der Waals surface area contributed by atoms with Crippen LogP contribution in [0.2, 0.25) is 0 Å². The minimum Gasteiger partial charge on any atom is -0.540 e. The molecule has 0 saturated carbocycles. The van der Waals surface area contributed by atoms with Crippen molar-refractivity contribution in [1.29, 1.82) is 0 Å². The zero-order valence-electron chi connectivity index (χ0n) is 10.6. The molecule has 0 amide bonds. The average Bonchev–Trinajstić information content (AvgIpc) is 2.53. The Hall–Kier alpha value is -0.450. The van der Waals surface area contributed by atoms with Crippen LogP contribution in [0, 0.1) is 0 Å². The lowest BCUT2D eigenvalue weighted by molar-refractivity contribution is 0.0840. The molecule has 2 saturated heterocycles. The molecule has 4 nitrogen and oxygen atoms in total. The molecular weight excluding hydrogens is 206 g/mol. The average molecular weight is 224 g/mol. The van der Waals surface area contributed by atoms with Crippen LogP contribution in [0.15, 0.2) is 12.3 Å². The summed E-state index contributed by atoms with van der Waals surface area (Å²) in [5.74, 6) is 0.613. The predicted molar refractivity (Wildman–Crippen MR) is 62.6 cm³/mol. The van der Waals surface area contributed by atoms with E-state index in [4.69, 9.17) is 18.6 Å². The summed E-state index contributed by atoms with van der Waals surface area (Å²) in [6, 6.07) is 0. The molecule has 0 bridgehead atoms. The summed E-state index contributed by atoms with van der Waals surface area (Å²) < 4.78 is 22.7. The number of hydrogen-bond donors (Lipinski definition) is 0. The van der Waals surface area contributed by atoms with Gasteiger partial charge in [-0.25, -0.2) is 0 Å². The molecule has 1 atom stereocenters. The third-order valence-corrected chi connectivity index (χ3v) is 3.30. The van der Waals surface area contributed by atoms with Gasteiger partial charge in [-0.2, -0.15) is 0 Å². The maximum absolute atomic E-state index is 5.77.